The maximum Gasteiger partial charge on any atom is 0.132 e. The summed E-state index contributed by atoms with van der Waals surface area (Å²) in [5.41, 5.74) is 1.91. The lowest BCUT2D eigenvalue weighted by Crippen LogP contribution is -2.01. The number of hydrogen-bond acceptors (Lipinski definition) is 3. The van der Waals surface area contributed by atoms with Gasteiger partial charge in [-0.05, 0) is 24.1 Å². The number of para-hydroxylation sites is 1. The van der Waals surface area contributed by atoms with Gasteiger partial charge in [0.25, 0.3) is 0 Å². The Hall–Kier alpha value is -1.81. The molecule has 0 amide bonds. The van der Waals surface area contributed by atoms with Crippen molar-refractivity contribution < 1.29 is 9.84 Å². The first-order valence-corrected chi connectivity index (χ1v) is 5.59. The van der Waals surface area contributed by atoms with Crippen LogP contribution in [0.25, 0.3) is 0 Å². The molecule has 17 heavy (non-hydrogen) atoms. The summed E-state index contributed by atoms with van der Waals surface area (Å²) < 4.78 is 7.45. The third-order valence-electron chi connectivity index (χ3n) is 2.50. The SMILES string of the molecule is Cn1ccc(COc2ccccc2CCO)n1. The summed E-state index contributed by atoms with van der Waals surface area (Å²) in [6.45, 7) is 0.577. The second kappa shape index (κ2) is 5.50. The Morgan fingerprint density at radius 3 is 2.82 bits per heavy atom. The Balaban J connectivity index is 2.03. The average molecular weight is 232 g/mol. The molecule has 0 saturated heterocycles. The molecule has 0 aliphatic rings. The van der Waals surface area contributed by atoms with Crippen molar-refractivity contribution in [3.8, 4) is 5.75 Å². The lowest BCUT2D eigenvalue weighted by Gasteiger charge is -2.09. The van der Waals surface area contributed by atoms with Crippen LogP contribution in [0.15, 0.2) is 36.5 Å². The van der Waals surface area contributed by atoms with Crippen LogP contribution in [0.4, 0.5) is 0 Å². The molecule has 1 heterocycles. The Labute approximate surface area is 100 Å². The summed E-state index contributed by atoms with van der Waals surface area (Å²) in [4.78, 5) is 0. The van der Waals surface area contributed by atoms with Gasteiger partial charge >= 0.3 is 0 Å². The van der Waals surface area contributed by atoms with Crippen molar-refractivity contribution in [3.05, 3.63) is 47.8 Å². The van der Waals surface area contributed by atoms with E-state index >= 15 is 0 Å². The van der Waals surface area contributed by atoms with Crippen molar-refractivity contribution in [2.75, 3.05) is 6.61 Å². The molecule has 0 saturated carbocycles. The number of hydrogen-bond donors (Lipinski definition) is 1. The summed E-state index contributed by atoms with van der Waals surface area (Å²) in [5, 5.41) is 13.2. The highest BCUT2D eigenvalue weighted by molar-refractivity contribution is 5.33. The zero-order valence-electron chi connectivity index (χ0n) is 9.84. The first-order chi connectivity index (χ1) is 8.29. The summed E-state index contributed by atoms with van der Waals surface area (Å²) in [5.74, 6) is 0.812. The monoisotopic (exact) mass is 232 g/mol. The van der Waals surface area contributed by atoms with Gasteiger partial charge in [0.2, 0.25) is 0 Å². The molecule has 4 nitrogen and oxygen atoms in total. The second-order valence-corrected chi connectivity index (χ2v) is 3.85. The van der Waals surface area contributed by atoms with Crippen molar-refractivity contribution in [3.63, 3.8) is 0 Å². The van der Waals surface area contributed by atoms with Crippen LogP contribution in [0, 0.1) is 0 Å². The smallest absolute Gasteiger partial charge is 0.132 e. The predicted molar refractivity (Wildman–Crippen MR) is 64.8 cm³/mol. The highest BCUT2D eigenvalue weighted by Gasteiger charge is 2.03. The minimum Gasteiger partial charge on any atom is -0.487 e. The van der Waals surface area contributed by atoms with Crippen LogP contribution in [0.1, 0.15) is 11.3 Å². The molecule has 90 valence electrons. The number of rotatable bonds is 5. The van der Waals surface area contributed by atoms with Gasteiger partial charge in [0.1, 0.15) is 12.4 Å². The Kier molecular flexibility index (Phi) is 3.77. The summed E-state index contributed by atoms with van der Waals surface area (Å²) in [6.07, 6.45) is 2.50. The normalized spacial score (nSPS) is 10.5. The topological polar surface area (TPSA) is 47.3 Å². The number of aliphatic hydroxyl groups excluding tert-OH is 1. The van der Waals surface area contributed by atoms with E-state index in [2.05, 4.69) is 5.10 Å². The van der Waals surface area contributed by atoms with Crippen LogP contribution in [-0.4, -0.2) is 21.5 Å². The van der Waals surface area contributed by atoms with E-state index in [9.17, 15) is 0 Å². The minimum atomic E-state index is 0.129. The standard InChI is InChI=1S/C13H16N2O2/c1-15-8-6-12(14-15)10-17-13-5-3-2-4-11(13)7-9-16/h2-6,8,16H,7,9-10H2,1H3. The predicted octanol–water partition coefficient (Wildman–Crippen LogP) is 1.53. The fourth-order valence-corrected chi connectivity index (χ4v) is 1.66. The average Bonchev–Trinajstić information content (AvgIpc) is 2.74. The molecule has 2 aromatic rings. The van der Waals surface area contributed by atoms with E-state index in [1.807, 2.05) is 43.6 Å². The summed E-state index contributed by atoms with van der Waals surface area (Å²) in [7, 11) is 1.88. The molecular formula is C13H16N2O2. The van der Waals surface area contributed by atoms with Crippen molar-refractivity contribution >= 4 is 0 Å². The second-order valence-electron chi connectivity index (χ2n) is 3.85. The molecule has 0 aliphatic carbocycles. The van der Waals surface area contributed by atoms with Crippen molar-refractivity contribution in [1.82, 2.24) is 9.78 Å². The number of aryl methyl sites for hydroxylation is 1. The third-order valence-corrected chi connectivity index (χ3v) is 2.50. The molecule has 0 aliphatic heterocycles. The largest absolute Gasteiger partial charge is 0.487 e. The number of aromatic nitrogens is 2. The van der Waals surface area contributed by atoms with Gasteiger partial charge in [-0.2, -0.15) is 5.10 Å². The number of aliphatic hydroxyl groups is 1. The van der Waals surface area contributed by atoms with Gasteiger partial charge in [-0.3, -0.25) is 4.68 Å². The molecule has 0 atom stereocenters. The van der Waals surface area contributed by atoms with Gasteiger partial charge in [0.05, 0.1) is 5.69 Å². The van der Waals surface area contributed by atoms with Gasteiger partial charge in [-0.25, -0.2) is 0 Å². The van der Waals surface area contributed by atoms with Crippen LogP contribution >= 0.6 is 0 Å². The molecule has 0 unspecified atom stereocenters. The molecule has 0 spiro atoms. The quantitative estimate of drug-likeness (QED) is 0.850. The van der Waals surface area contributed by atoms with E-state index in [0.29, 0.717) is 13.0 Å². The van der Waals surface area contributed by atoms with E-state index in [4.69, 9.17) is 9.84 Å². The maximum atomic E-state index is 8.96. The van der Waals surface area contributed by atoms with Gasteiger partial charge in [0, 0.05) is 19.9 Å². The Morgan fingerprint density at radius 2 is 2.12 bits per heavy atom. The Bertz CT molecular complexity index is 480. The van der Waals surface area contributed by atoms with Gasteiger partial charge in [-0.1, -0.05) is 18.2 Å². The fourth-order valence-electron chi connectivity index (χ4n) is 1.66. The van der Waals surface area contributed by atoms with Crippen LogP contribution in [0.2, 0.25) is 0 Å². The molecule has 0 bridgehead atoms. The third kappa shape index (κ3) is 3.07. The molecular weight excluding hydrogens is 216 g/mol. The zero-order valence-corrected chi connectivity index (χ0v) is 9.84. The highest BCUT2D eigenvalue weighted by atomic mass is 16.5. The van der Waals surface area contributed by atoms with Crippen molar-refractivity contribution in [1.29, 1.82) is 0 Å². The maximum absolute atomic E-state index is 8.96. The molecule has 1 N–H and O–H groups in total. The van der Waals surface area contributed by atoms with Gasteiger partial charge in [0.15, 0.2) is 0 Å². The van der Waals surface area contributed by atoms with Gasteiger partial charge in [-0.15, -0.1) is 0 Å². The van der Waals surface area contributed by atoms with Crippen molar-refractivity contribution in [2.24, 2.45) is 7.05 Å². The number of benzene rings is 1. The van der Waals surface area contributed by atoms with Crippen LogP contribution < -0.4 is 4.74 Å². The van der Waals surface area contributed by atoms with Crippen LogP contribution in [0.3, 0.4) is 0 Å². The highest BCUT2D eigenvalue weighted by Crippen LogP contribution is 2.19. The van der Waals surface area contributed by atoms with E-state index in [1.165, 1.54) is 0 Å². The number of nitrogens with zero attached hydrogens (tertiary/aromatic N) is 2. The van der Waals surface area contributed by atoms with E-state index < -0.39 is 0 Å². The first-order valence-electron chi connectivity index (χ1n) is 5.59. The summed E-state index contributed by atoms with van der Waals surface area (Å²) in [6, 6.07) is 9.67. The van der Waals surface area contributed by atoms with Crippen LogP contribution in [-0.2, 0) is 20.1 Å². The lowest BCUT2D eigenvalue weighted by atomic mass is 10.1. The Morgan fingerprint density at radius 1 is 1.29 bits per heavy atom. The fraction of sp³-hybridized carbons (Fsp3) is 0.308. The minimum absolute atomic E-state index is 0.129. The molecule has 0 fully saturated rings. The van der Waals surface area contributed by atoms with Gasteiger partial charge < -0.3 is 9.84 Å². The van der Waals surface area contributed by atoms with Crippen LogP contribution in [0.5, 0.6) is 5.75 Å². The molecule has 1 aromatic heterocycles. The van der Waals surface area contributed by atoms with E-state index in [1.54, 1.807) is 4.68 Å². The molecule has 0 radical (unpaired) electrons. The van der Waals surface area contributed by atoms with E-state index in [0.717, 1.165) is 17.0 Å². The molecule has 4 heteroatoms. The van der Waals surface area contributed by atoms with Crippen molar-refractivity contribution in [2.45, 2.75) is 13.0 Å². The lowest BCUT2D eigenvalue weighted by molar-refractivity contribution is 0.281. The molecule has 1 aromatic carbocycles. The summed E-state index contributed by atoms with van der Waals surface area (Å²) >= 11 is 0. The molecule has 2 rings (SSSR count). The number of ether oxygens (including phenoxy) is 1. The zero-order chi connectivity index (χ0) is 12.1. The first kappa shape index (κ1) is 11.7. The van der Waals surface area contributed by atoms with E-state index in [-0.39, 0.29) is 6.61 Å².